The van der Waals surface area contributed by atoms with Gasteiger partial charge in [0.1, 0.15) is 0 Å². The number of carbonyl (C=O) groups excluding carboxylic acids is 1. The molecule has 1 heterocycles. The highest BCUT2D eigenvalue weighted by atomic mass is 16.4. The summed E-state index contributed by atoms with van der Waals surface area (Å²) in [6.07, 6.45) is 2.95. The van der Waals surface area contributed by atoms with Crippen LogP contribution in [0.4, 0.5) is 0 Å². The molecule has 0 saturated heterocycles. The fourth-order valence-electron chi connectivity index (χ4n) is 2.45. The minimum absolute atomic E-state index is 0.00122. The van der Waals surface area contributed by atoms with Crippen molar-refractivity contribution >= 4 is 11.9 Å². The summed E-state index contributed by atoms with van der Waals surface area (Å²) in [5.74, 6) is -1.41. The molecular formula is C14H14N4O3. The van der Waals surface area contributed by atoms with Crippen LogP contribution >= 0.6 is 0 Å². The third kappa shape index (κ3) is 2.26. The number of hydrogen-bond acceptors (Lipinski definition) is 4. The first kappa shape index (κ1) is 13.3. The maximum atomic E-state index is 11.3. The number of primary amides is 1. The first-order chi connectivity index (χ1) is 10.1. The molecule has 0 unspecified atom stereocenters. The Hall–Kier alpha value is -2.70. The summed E-state index contributed by atoms with van der Waals surface area (Å²) in [6.45, 7) is 0. The van der Waals surface area contributed by atoms with E-state index in [0.717, 1.165) is 19.3 Å². The predicted octanol–water partition coefficient (Wildman–Crippen LogP) is 1.33. The van der Waals surface area contributed by atoms with Crippen molar-refractivity contribution in [2.24, 2.45) is 5.73 Å². The smallest absolute Gasteiger partial charge is 0.358 e. The first-order valence-corrected chi connectivity index (χ1v) is 6.67. The second-order valence-electron chi connectivity index (χ2n) is 5.08. The van der Waals surface area contributed by atoms with Gasteiger partial charge in [-0.05, 0) is 37.1 Å². The van der Waals surface area contributed by atoms with Crippen molar-refractivity contribution < 1.29 is 14.7 Å². The Balaban J connectivity index is 2.05. The van der Waals surface area contributed by atoms with Gasteiger partial charge in [0.25, 0.3) is 0 Å². The Bertz CT molecular complexity index is 702. The molecule has 1 aromatic heterocycles. The molecule has 3 rings (SSSR count). The molecule has 0 aliphatic heterocycles. The average Bonchev–Trinajstić information content (AvgIpc) is 2.81. The Morgan fingerprint density at radius 2 is 1.90 bits per heavy atom. The van der Waals surface area contributed by atoms with E-state index in [9.17, 15) is 14.7 Å². The largest absolute Gasteiger partial charge is 0.476 e. The summed E-state index contributed by atoms with van der Waals surface area (Å²) >= 11 is 0. The van der Waals surface area contributed by atoms with Crippen molar-refractivity contribution in [1.29, 1.82) is 0 Å². The fraction of sp³-hybridized carbons (Fsp3) is 0.286. The molecule has 1 aromatic carbocycles. The molecule has 2 aromatic rings. The van der Waals surface area contributed by atoms with E-state index in [0.29, 0.717) is 16.9 Å². The number of hydrogen-bond donors (Lipinski definition) is 2. The van der Waals surface area contributed by atoms with Crippen LogP contribution in [0.1, 0.15) is 51.7 Å². The van der Waals surface area contributed by atoms with Crippen LogP contribution in [0.25, 0.3) is 5.69 Å². The van der Waals surface area contributed by atoms with Crippen molar-refractivity contribution in [3.8, 4) is 5.69 Å². The number of amides is 1. The molecule has 7 heteroatoms. The lowest BCUT2D eigenvalue weighted by molar-refractivity contribution is 0.0687. The molecule has 1 aliphatic rings. The Morgan fingerprint density at radius 1 is 1.24 bits per heavy atom. The monoisotopic (exact) mass is 286 g/mol. The lowest BCUT2D eigenvalue weighted by Crippen LogP contribution is -2.17. The third-order valence-electron chi connectivity index (χ3n) is 3.80. The van der Waals surface area contributed by atoms with Gasteiger partial charge < -0.3 is 10.8 Å². The maximum Gasteiger partial charge on any atom is 0.358 e. The highest BCUT2D eigenvalue weighted by Crippen LogP contribution is 2.38. The number of carboxylic acids is 1. The van der Waals surface area contributed by atoms with Crippen LogP contribution in [-0.4, -0.2) is 32.0 Å². The van der Waals surface area contributed by atoms with E-state index >= 15 is 0 Å². The van der Waals surface area contributed by atoms with E-state index in [1.54, 1.807) is 24.3 Å². The van der Waals surface area contributed by atoms with Crippen LogP contribution in [0.2, 0.25) is 0 Å². The zero-order valence-corrected chi connectivity index (χ0v) is 11.2. The molecule has 108 valence electrons. The zero-order valence-electron chi connectivity index (χ0n) is 11.2. The van der Waals surface area contributed by atoms with E-state index in [1.165, 1.54) is 4.68 Å². The normalized spacial score (nSPS) is 14.7. The summed E-state index contributed by atoms with van der Waals surface area (Å²) < 4.78 is 1.54. The topological polar surface area (TPSA) is 111 Å². The van der Waals surface area contributed by atoms with Crippen LogP contribution in [-0.2, 0) is 0 Å². The number of nitrogens with two attached hydrogens (primary N) is 1. The molecular weight excluding hydrogens is 272 g/mol. The number of nitrogens with zero attached hydrogens (tertiary/aromatic N) is 3. The van der Waals surface area contributed by atoms with Crippen LogP contribution in [0.5, 0.6) is 0 Å². The SMILES string of the molecule is NC(=O)c1ccc(-n2nnc(C(=O)O)c2C2CCC2)cc1. The van der Waals surface area contributed by atoms with Gasteiger partial charge in [0.05, 0.1) is 11.4 Å². The van der Waals surface area contributed by atoms with Crippen molar-refractivity contribution in [3.05, 3.63) is 41.2 Å². The molecule has 0 spiro atoms. The van der Waals surface area contributed by atoms with E-state index in [4.69, 9.17) is 5.73 Å². The molecule has 0 atom stereocenters. The molecule has 1 aliphatic carbocycles. The summed E-state index contributed by atoms with van der Waals surface area (Å²) in [7, 11) is 0. The van der Waals surface area contributed by atoms with Gasteiger partial charge in [-0.1, -0.05) is 11.6 Å². The van der Waals surface area contributed by atoms with Gasteiger partial charge in [-0.25, -0.2) is 9.48 Å². The first-order valence-electron chi connectivity index (χ1n) is 6.67. The lowest BCUT2D eigenvalue weighted by Gasteiger charge is -2.26. The van der Waals surface area contributed by atoms with Crippen LogP contribution in [0.3, 0.4) is 0 Å². The van der Waals surface area contributed by atoms with Gasteiger partial charge in [-0.3, -0.25) is 4.79 Å². The van der Waals surface area contributed by atoms with E-state index in [1.807, 2.05) is 0 Å². The molecule has 3 N–H and O–H groups in total. The quantitative estimate of drug-likeness (QED) is 0.880. The van der Waals surface area contributed by atoms with Crippen LogP contribution in [0.15, 0.2) is 24.3 Å². The van der Waals surface area contributed by atoms with Crippen LogP contribution in [0, 0.1) is 0 Å². The summed E-state index contributed by atoms with van der Waals surface area (Å²) in [4.78, 5) is 22.4. The molecule has 1 fully saturated rings. The molecule has 21 heavy (non-hydrogen) atoms. The minimum atomic E-state index is -1.07. The number of rotatable bonds is 4. The number of benzene rings is 1. The Labute approximate surface area is 120 Å². The second-order valence-corrected chi connectivity index (χ2v) is 5.08. The van der Waals surface area contributed by atoms with Crippen molar-refractivity contribution in [3.63, 3.8) is 0 Å². The summed E-state index contributed by atoms with van der Waals surface area (Å²) in [5, 5.41) is 17.0. The van der Waals surface area contributed by atoms with E-state index in [-0.39, 0.29) is 11.6 Å². The zero-order chi connectivity index (χ0) is 15.0. The fourth-order valence-corrected chi connectivity index (χ4v) is 2.45. The Kier molecular flexibility index (Phi) is 3.17. The van der Waals surface area contributed by atoms with E-state index < -0.39 is 11.9 Å². The third-order valence-corrected chi connectivity index (χ3v) is 3.80. The molecule has 0 radical (unpaired) electrons. The van der Waals surface area contributed by atoms with Crippen LogP contribution < -0.4 is 5.73 Å². The van der Waals surface area contributed by atoms with Gasteiger partial charge >= 0.3 is 5.97 Å². The molecule has 0 bridgehead atoms. The van der Waals surface area contributed by atoms with Gasteiger partial charge in [-0.2, -0.15) is 0 Å². The maximum absolute atomic E-state index is 11.3. The van der Waals surface area contributed by atoms with Gasteiger partial charge in [-0.15, -0.1) is 5.10 Å². The van der Waals surface area contributed by atoms with E-state index in [2.05, 4.69) is 10.3 Å². The standard InChI is InChI=1S/C14H14N4O3/c15-13(19)9-4-6-10(7-5-9)18-12(8-2-1-3-8)11(14(20)21)16-17-18/h4-8H,1-3H2,(H2,15,19)(H,20,21). The highest BCUT2D eigenvalue weighted by molar-refractivity contribution is 5.93. The Morgan fingerprint density at radius 3 is 2.38 bits per heavy atom. The number of aromatic nitrogens is 3. The predicted molar refractivity (Wildman–Crippen MR) is 73.4 cm³/mol. The van der Waals surface area contributed by atoms with Crippen molar-refractivity contribution in [1.82, 2.24) is 15.0 Å². The minimum Gasteiger partial charge on any atom is -0.476 e. The highest BCUT2D eigenvalue weighted by Gasteiger charge is 2.30. The number of carboxylic acid groups (broad SMARTS) is 1. The molecule has 1 amide bonds. The van der Waals surface area contributed by atoms with Gasteiger partial charge in [0, 0.05) is 11.5 Å². The second kappa shape index (κ2) is 5.01. The lowest BCUT2D eigenvalue weighted by atomic mass is 9.82. The average molecular weight is 286 g/mol. The summed E-state index contributed by atoms with van der Waals surface area (Å²) in [6, 6.07) is 6.54. The van der Waals surface area contributed by atoms with Crippen molar-refractivity contribution in [2.75, 3.05) is 0 Å². The number of aromatic carboxylic acids is 1. The molecule has 7 nitrogen and oxygen atoms in total. The van der Waals surface area contributed by atoms with Gasteiger partial charge in [0.2, 0.25) is 5.91 Å². The number of carbonyl (C=O) groups is 2. The molecule has 1 saturated carbocycles. The van der Waals surface area contributed by atoms with Crippen molar-refractivity contribution in [2.45, 2.75) is 25.2 Å². The van der Waals surface area contributed by atoms with Gasteiger partial charge in [0.15, 0.2) is 5.69 Å². The summed E-state index contributed by atoms with van der Waals surface area (Å²) in [5.41, 5.74) is 6.89.